The number of aliphatic carboxylic acids is 1. The van der Waals surface area contributed by atoms with Gasteiger partial charge in [-0.1, -0.05) is 49.7 Å². The van der Waals surface area contributed by atoms with Gasteiger partial charge in [-0.05, 0) is 54.1 Å². The second kappa shape index (κ2) is 13.2. The third kappa shape index (κ3) is 6.37. The van der Waals surface area contributed by atoms with Crippen LogP contribution in [0.5, 0.6) is 5.75 Å². The summed E-state index contributed by atoms with van der Waals surface area (Å²) in [5.41, 5.74) is 9.52. The number of benzene rings is 2. The highest BCUT2D eigenvalue weighted by molar-refractivity contribution is 5.79. The van der Waals surface area contributed by atoms with E-state index in [9.17, 15) is 19.8 Å². The summed E-state index contributed by atoms with van der Waals surface area (Å²) in [7, 11) is 0. The number of ether oxygens (including phenoxy) is 1. The molecule has 38 heavy (non-hydrogen) atoms. The van der Waals surface area contributed by atoms with Gasteiger partial charge in [-0.3, -0.25) is 14.5 Å². The van der Waals surface area contributed by atoms with E-state index in [0.717, 1.165) is 53.7 Å². The quantitative estimate of drug-likeness (QED) is 0.370. The number of aliphatic hydroxyl groups excluding tert-OH is 1. The Labute approximate surface area is 225 Å². The molecule has 2 aromatic carbocycles. The van der Waals surface area contributed by atoms with Crippen LogP contribution in [0, 0.1) is 5.92 Å². The van der Waals surface area contributed by atoms with Gasteiger partial charge in [0.1, 0.15) is 5.75 Å². The van der Waals surface area contributed by atoms with Gasteiger partial charge in [-0.15, -0.1) is 0 Å². The van der Waals surface area contributed by atoms with Crippen molar-refractivity contribution in [2.24, 2.45) is 11.7 Å². The number of carboxylic acid groups (broad SMARTS) is 1. The van der Waals surface area contributed by atoms with E-state index in [1.54, 1.807) is 0 Å². The minimum atomic E-state index is -0.862. The standard InChI is InChI=1S/C30H41N3O5/c1-2-3-13-32(14-6-12-31)28(35)19-33-18-25(22-9-10-27-23(16-22)11-15-38-27)29(30(36)37)26(33)17-21-7-4-5-8-24(21)20-34/h4-5,7-10,16,25-26,29,34H,2-3,6,11-15,17-20,31H2,1H3,(H,36,37)/t25-,26+,29-/m1/s1. The molecule has 4 N–H and O–H groups in total. The van der Waals surface area contributed by atoms with Gasteiger partial charge >= 0.3 is 5.97 Å². The average molecular weight is 524 g/mol. The van der Waals surface area contributed by atoms with E-state index in [4.69, 9.17) is 10.5 Å². The zero-order valence-corrected chi connectivity index (χ0v) is 22.3. The lowest BCUT2D eigenvalue weighted by molar-refractivity contribution is -0.143. The molecular formula is C30H41N3O5. The molecule has 2 aromatic rings. The summed E-state index contributed by atoms with van der Waals surface area (Å²) in [6.45, 7) is 5.08. The van der Waals surface area contributed by atoms with Crippen LogP contribution >= 0.6 is 0 Å². The molecule has 8 heteroatoms. The highest BCUT2D eigenvalue weighted by Crippen LogP contribution is 2.41. The van der Waals surface area contributed by atoms with E-state index in [1.807, 2.05) is 41.3 Å². The molecule has 1 amide bonds. The Bertz CT molecular complexity index is 1100. The lowest BCUT2D eigenvalue weighted by atomic mass is 9.82. The van der Waals surface area contributed by atoms with Crippen LogP contribution in [0.25, 0.3) is 0 Å². The van der Waals surface area contributed by atoms with Crippen molar-refractivity contribution in [2.45, 2.75) is 57.6 Å². The summed E-state index contributed by atoms with van der Waals surface area (Å²) in [4.78, 5) is 30.3. The monoisotopic (exact) mass is 523 g/mol. The van der Waals surface area contributed by atoms with Gasteiger partial charge in [0, 0.05) is 38.0 Å². The number of nitrogens with zero attached hydrogens (tertiary/aromatic N) is 2. The Morgan fingerprint density at radius 1 is 1.13 bits per heavy atom. The minimum absolute atomic E-state index is 0.0134. The predicted molar refractivity (Wildman–Crippen MR) is 146 cm³/mol. The van der Waals surface area contributed by atoms with Crippen molar-refractivity contribution in [3.05, 3.63) is 64.7 Å². The SMILES string of the molecule is CCCCN(CCCN)C(=O)CN1C[C@H](c2ccc3c(c2)CCO3)[C@@H](C(=O)O)[C@@H]1Cc1ccccc1CO. The molecule has 0 radical (unpaired) electrons. The summed E-state index contributed by atoms with van der Waals surface area (Å²) < 4.78 is 5.67. The summed E-state index contributed by atoms with van der Waals surface area (Å²) >= 11 is 0. The fourth-order valence-corrected chi connectivity index (χ4v) is 5.92. The number of hydrogen-bond acceptors (Lipinski definition) is 6. The maximum atomic E-state index is 13.5. The predicted octanol–water partition coefficient (Wildman–Crippen LogP) is 2.80. The van der Waals surface area contributed by atoms with Crippen molar-refractivity contribution < 1.29 is 24.5 Å². The van der Waals surface area contributed by atoms with Crippen LogP contribution in [0.3, 0.4) is 0 Å². The van der Waals surface area contributed by atoms with Crippen molar-refractivity contribution in [3.63, 3.8) is 0 Å². The minimum Gasteiger partial charge on any atom is -0.493 e. The molecule has 0 bridgehead atoms. The fourth-order valence-electron chi connectivity index (χ4n) is 5.92. The summed E-state index contributed by atoms with van der Waals surface area (Å²) in [5.74, 6) is -0.933. The van der Waals surface area contributed by atoms with Crippen molar-refractivity contribution in [1.29, 1.82) is 0 Å². The summed E-state index contributed by atoms with van der Waals surface area (Å²) in [6, 6.07) is 13.2. The van der Waals surface area contributed by atoms with Crippen molar-refractivity contribution in [3.8, 4) is 5.75 Å². The number of likely N-dealkylation sites (tertiary alicyclic amines) is 1. The van der Waals surface area contributed by atoms with Gasteiger partial charge < -0.3 is 25.6 Å². The van der Waals surface area contributed by atoms with Gasteiger partial charge in [0.05, 0.1) is 25.7 Å². The highest BCUT2D eigenvalue weighted by Gasteiger charge is 2.47. The molecule has 0 aliphatic carbocycles. The molecule has 4 rings (SSSR count). The molecule has 0 saturated carbocycles. The largest absolute Gasteiger partial charge is 0.493 e. The maximum absolute atomic E-state index is 13.5. The topological polar surface area (TPSA) is 116 Å². The molecule has 1 saturated heterocycles. The number of nitrogens with two attached hydrogens (primary N) is 1. The zero-order chi connectivity index (χ0) is 27.1. The van der Waals surface area contributed by atoms with Crippen molar-refractivity contribution in [2.75, 3.05) is 39.3 Å². The lowest BCUT2D eigenvalue weighted by Crippen LogP contribution is -2.45. The molecule has 2 aliphatic heterocycles. The number of rotatable bonds is 13. The summed E-state index contributed by atoms with van der Waals surface area (Å²) in [5, 5.41) is 20.4. The Morgan fingerprint density at radius 2 is 1.89 bits per heavy atom. The highest BCUT2D eigenvalue weighted by atomic mass is 16.5. The van der Waals surface area contributed by atoms with Gasteiger partial charge in [-0.25, -0.2) is 0 Å². The fraction of sp³-hybridized carbons (Fsp3) is 0.533. The number of carbonyl (C=O) groups excluding carboxylic acids is 1. The van der Waals surface area contributed by atoms with Crippen molar-refractivity contribution >= 4 is 11.9 Å². The van der Waals surface area contributed by atoms with E-state index < -0.39 is 11.9 Å². The molecule has 0 unspecified atom stereocenters. The van der Waals surface area contributed by atoms with Crippen LogP contribution in [0.4, 0.5) is 0 Å². The third-order valence-electron chi connectivity index (χ3n) is 8.00. The molecule has 8 nitrogen and oxygen atoms in total. The Morgan fingerprint density at radius 3 is 2.61 bits per heavy atom. The number of carbonyl (C=O) groups is 2. The number of amides is 1. The normalized spacial score (nSPS) is 20.8. The van der Waals surface area contributed by atoms with Crippen LogP contribution in [-0.2, 0) is 29.0 Å². The van der Waals surface area contributed by atoms with E-state index in [2.05, 4.69) is 17.9 Å². The van der Waals surface area contributed by atoms with Crippen LogP contribution in [-0.4, -0.2) is 77.3 Å². The van der Waals surface area contributed by atoms with Crippen LogP contribution in [0.15, 0.2) is 42.5 Å². The van der Waals surface area contributed by atoms with E-state index in [1.165, 1.54) is 0 Å². The second-order valence-electron chi connectivity index (χ2n) is 10.4. The molecule has 2 heterocycles. The van der Waals surface area contributed by atoms with Gasteiger partial charge in [0.25, 0.3) is 0 Å². The third-order valence-corrected chi connectivity index (χ3v) is 8.00. The molecule has 0 aromatic heterocycles. The van der Waals surface area contributed by atoms with Crippen LogP contribution < -0.4 is 10.5 Å². The molecule has 0 spiro atoms. The number of unbranched alkanes of at least 4 members (excludes halogenated alkanes) is 1. The molecule has 2 aliphatic rings. The van der Waals surface area contributed by atoms with Gasteiger partial charge in [0.15, 0.2) is 0 Å². The second-order valence-corrected chi connectivity index (χ2v) is 10.4. The van der Waals surface area contributed by atoms with E-state index in [0.29, 0.717) is 39.2 Å². The molecule has 1 fully saturated rings. The number of aliphatic hydroxyl groups is 1. The Balaban J connectivity index is 1.66. The lowest BCUT2D eigenvalue weighted by Gasteiger charge is -2.30. The van der Waals surface area contributed by atoms with Crippen LogP contribution in [0.1, 0.15) is 54.4 Å². The first-order valence-corrected chi connectivity index (χ1v) is 13.8. The first kappa shape index (κ1) is 28.1. The van der Waals surface area contributed by atoms with Crippen LogP contribution in [0.2, 0.25) is 0 Å². The first-order chi connectivity index (χ1) is 18.5. The average Bonchev–Trinajstić information content (AvgIpc) is 3.53. The van der Waals surface area contributed by atoms with Gasteiger partial charge in [-0.2, -0.15) is 0 Å². The zero-order valence-electron chi connectivity index (χ0n) is 22.3. The molecular weight excluding hydrogens is 482 g/mol. The number of carboxylic acids is 1. The first-order valence-electron chi connectivity index (χ1n) is 13.8. The Hall–Kier alpha value is -2.94. The maximum Gasteiger partial charge on any atom is 0.308 e. The number of fused-ring (bicyclic) bond motifs is 1. The van der Waals surface area contributed by atoms with E-state index in [-0.39, 0.29) is 31.0 Å². The van der Waals surface area contributed by atoms with Gasteiger partial charge in [0.2, 0.25) is 5.91 Å². The molecule has 3 atom stereocenters. The Kier molecular flexibility index (Phi) is 9.77. The number of hydrogen-bond donors (Lipinski definition) is 3. The molecule has 206 valence electrons. The van der Waals surface area contributed by atoms with E-state index >= 15 is 0 Å². The summed E-state index contributed by atoms with van der Waals surface area (Å²) in [6.07, 6.45) is 3.91. The van der Waals surface area contributed by atoms with Crippen molar-refractivity contribution in [1.82, 2.24) is 9.80 Å². The smallest absolute Gasteiger partial charge is 0.308 e.